The van der Waals surface area contributed by atoms with Crippen LogP contribution in [0, 0.1) is 5.92 Å². The smallest absolute Gasteiger partial charge is 0.0377 e. The van der Waals surface area contributed by atoms with E-state index in [1.54, 1.807) is 10.3 Å². The standard InChI is InChI=1S/C19H25NS/c1-2-5-15(13-20-16-9-10-16)17(7-3-1)18-8-4-6-14-11-12-21-19(14)18/h4,6,8,11-12,15-17,20H,1-3,5,7,9-10,13H2. The fraction of sp³-hybridized carbons (Fsp3) is 0.579. The molecular weight excluding hydrogens is 274 g/mol. The molecule has 2 unspecified atom stereocenters. The Hall–Kier alpha value is -0.860. The second-order valence-corrected chi connectivity index (χ2v) is 7.79. The second kappa shape index (κ2) is 6.10. The lowest BCUT2D eigenvalue weighted by atomic mass is 9.82. The van der Waals surface area contributed by atoms with Gasteiger partial charge >= 0.3 is 0 Å². The number of rotatable bonds is 4. The maximum absolute atomic E-state index is 3.80. The van der Waals surface area contributed by atoms with E-state index in [-0.39, 0.29) is 0 Å². The molecule has 0 saturated heterocycles. The minimum Gasteiger partial charge on any atom is -0.314 e. The highest BCUT2D eigenvalue weighted by Gasteiger charge is 2.29. The Bertz CT molecular complexity index is 598. The van der Waals surface area contributed by atoms with Crippen molar-refractivity contribution in [2.24, 2.45) is 5.92 Å². The van der Waals surface area contributed by atoms with Gasteiger partial charge in [0.15, 0.2) is 0 Å². The molecule has 1 aromatic carbocycles. The van der Waals surface area contributed by atoms with E-state index >= 15 is 0 Å². The van der Waals surface area contributed by atoms with Crippen molar-refractivity contribution < 1.29 is 0 Å². The highest BCUT2D eigenvalue weighted by molar-refractivity contribution is 7.17. The Labute approximate surface area is 131 Å². The van der Waals surface area contributed by atoms with E-state index in [1.807, 2.05) is 11.3 Å². The summed E-state index contributed by atoms with van der Waals surface area (Å²) < 4.78 is 1.54. The number of hydrogen-bond acceptors (Lipinski definition) is 2. The number of nitrogens with one attached hydrogen (secondary N) is 1. The molecule has 0 aliphatic heterocycles. The molecule has 0 spiro atoms. The molecule has 2 aliphatic rings. The van der Waals surface area contributed by atoms with Gasteiger partial charge in [0.25, 0.3) is 0 Å². The molecule has 0 bridgehead atoms. The molecule has 2 atom stereocenters. The lowest BCUT2D eigenvalue weighted by Crippen LogP contribution is -2.28. The molecule has 1 N–H and O–H groups in total. The third kappa shape index (κ3) is 3.02. The summed E-state index contributed by atoms with van der Waals surface area (Å²) in [6.45, 7) is 1.23. The number of hydrogen-bond donors (Lipinski definition) is 1. The average Bonchev–Trinajstić information content (AvgIpc) is 3.25. The third-order valence-electron chi connectivity index (χ3n) is 5.31. The van der Waals surface area contributed by atoms with Gasteiger partial charge in [0.05, 0.1) is 0 Å². The van der Waals surface area contributed by atoms with Crippen LogP contribution in [0.5, 0.6) is 0 Å². The summed E-state index contributed by atoms with van der Waals surface area (Å²) in [6, 6.07) is 10.0. The maximum Gasteiger partial charge on any atom is 0.0377 e. The minimum absolute atomic E-state index is 0.765. The first-order valence-corrected chi connectivity index (χ1v) is 9.49. The predicted molar refractivity (Wildman–Crippen MR) is 92.2 cm³/mol. The molecule has 1 aromatic heterocycles. The molecule has 1 heterocycles. The van der Waals surface area contributed by atoms with Crippen LogP contribution >= 0.6 is 11.3 Å². The van der Waals surface area contributed by atoms with Crippen LogP contribution in [0.15, 0.2) is 29.6 Å². The minimum atomic E-state index is 0.765. The van der Waals surface area contributed by atoms with Crippen LogP contribution in [0.2, 0.25) is 0 Å². The zero-order valence-corrected chi connectivity index (χ0v) is 13.5. The summed E-state index contributed by atoms with van der Waals surface area (Å²) in [5.74, 6) is 1.60. The molecule has 0 radical (unpaired) electrons. The van der Waals surface area contributed by atoms with Gasteiger partial charge < -0.3 is 5.32 Å². The normalized spacial score (nSPS) is 26.9. The van der Waals surface area contributed by atoms with E-state index in [4.69, 9.17) is 0 Å². The van der Waals surface area contributed by atoms with Crippen LogP contribution < -0.4 is 5.32 Å². The second-order valence-electron chi connectivity index (χ2n) is 6.87. The van der Waals surface area contributed by atoms with Crippen LogP contribution in [-0.2, 0) is 0 Å². The summed E-state index contributed by atoms with van der Waals surface area (Å²) in [7, 11) is 0. The monoisotopic (exact) mass is 299 g/mol. The summed E-state index contributed by atoms with van der Waals surface area (Å²) in [5, 5.41) is 7.49. The van der Waals surface area contributed by atoms with E-state index in [2.05, 4.69) is 35.0 Å². The summed E-state index contributed by atoms with van der Waals surface area (Å²) in [6.07, 6.45) is 9.85. The van der Waals surface area contributed by atoms with Crippen LogP contribution in [-0.4, -0.2) is 12.6 Å². The van der Waals surface area contributed by atoms with E-state index < -0.39 is 0 Å². The first kappa shape index (κ1) is 13.8. The first-order chi connectivity index (χ1) is 10.4. The van der Waals surface area contributed by atoms with Gasteiger partial charge in [-0.05, 0) is 66.5 Å². The van der Waals surface area contributed by atoms with Crippen molar-refractivity contribution in [3.8, 4) is 0 Å². The van der Waals surface area contributed by atoms with Crippen molar-refractivity contribution in [3.05, 3.63) is 35.2 Å². The lowest BCUT2D eigenvalue weighted by Gasteiger charge is -2.26. The zero-order valence-electron chi connectivity index (χ0n) is 12.7. The van der Waals surface area contributed by atoms with E-state index in [0.717, 1.165) is 17.9 Å². The molecule has 1 nitrogen and oxygen atoms in total. The molecule has 2 fully saturated rings. The molecule has 4 rings (SSSR count). The Morgan fingerprint density at radius 2 is 1.90 bits per heavy atom. The predicted octanol–water partition coefficient (Wildman–Crippen LogP) is 5.32. The quantitative estimate of drug-likeness (QED) is 0.754. The third-order valence-corrected chi connectivity index (χ3v) is 6.29. The van der Waals surface area contributed by atoms with Gasteiger partial charge in [0, 0.05) is 10.7 Å². The van der Waals surface area contributed by atoms with Gasteiger partial charge in [-0.15, -0.1) is 11.3 Å². The SMILES string of the molecule is c1cc(C2CCCCCC2CNC2CC2)c2sccc2c1. The van der Waals surface area contributed by atoms with Crippen LogP contribution in [0.3, 0.4) is 0 Å². The molecular formula is C19H25NS. The largest absolute Gasteiger partial charge is 0.314 e. The Kier molecular flexibility index (Phi) is 4.00. The van der Waals surface area contributed by atoms with E-state index in [1.165, 1.54) is 56.9 Å². The van der Waals surface area contributed by atoms with E-state index in [9.17, 15) is 0 Å². The maximum atomic E-state index is 3.80. The molecule has 0 amide bonds. The van der Waals surface area contributed by atoms with Crippen LogP contribution in [0.1, 0.15) is 56.4 Å². The fourth-order valence-electron chi connectivity index (χ4n) is 3.95. The van der Waals surface area contributed by atoms with Gasteiger partial charge in [-0.2, -0.15) is 0 Å². The molecule has 2 saturated carbocycles. The van der Waals surface area contributed by atoms with Crippen molar-refractivity contribution in [3.63, 3.8) is 0 Å². The molecule has 21 heavy (non-hydrogen) atoms. The highest BCUT2D eigenvalue weighted by Crippen LogP contribution is 2.41. The fourth-order valence-corrected chi connectivity index (χ4v) is 4.93. The molecule has 2 aromatic rings. The van der Waals surface area contributed by atoms with E-state index in [0.29, 0.717) is 0 Å². The van der Waals surface area contributed by atoms with Gasteiger partial charge in [-0.1, -0.05) is 37.5 Å². The number of thiophene rings is 1. The van der Waals surface area contributed by atoms with Crippen molar-refractivity contribution in [2.45, 2.75) is 56.9 Å². The van der Waals surface area contributed by atoms with Gasteiger partial charge in [0.2, 0.25) is 0 Å². The number of benzene rings is 1. The van der Waals surface area contributed by atoms with Gasteiger partial charge in [-0.25, -0.2) is 0 Å². The van der Waals surface area contributed by atoms with Crippen molar-refractivity contribution in [1.29, 1.82) is 0 Å². The van der Waals surface area contributed by atoms with Crippen LogP contribution in [0.4, 0.5) is 0 Å². The Balaban J connectivity index is 1.62. The molecule has 2 aliphatic carbocycles. The highest BCUT2D eigenvalue weighted by atomic mass is 32.1. The summed E-state index contributed by atoms with van der Waals surface area (Å²) in [5.41, 5.74) is 1.63. The van der Waals surface area contributed by atoms with Crippen molar-refractivity contribution in [1.82, 2.24) is 5.32 Å². The first-order valence-electron chi connectivity index (χ1n) is 8.61. The average molecular weight is 299 g/mol. The number of fused-ring (bicyclic) bond motifs is 1. The lowest BCUT2D eigenvalue weighted by molar-refractivity contribution is 0.376. The van der Waals surface area contributed by atoms with Crippen molar-refractivity contribution >= 4 is 21.4 Å². The van der Waals surface area contributed by atoms with Gasteiger partial charge in [-0.3, -0.25) is 0 Å². The van der Waals surface area contributed by atoms with Gasteiger partial charge in [0.1, 0.15) is 0 Å². The molecule has 112 valence electrons. The summed E-state index contributed by atoms with van der Waals surface area (Å²) in [4.78, 5) is 0. The summed E-state index contributed by atoms with van der Waals surface area (Å²) >= 11 is 1.93. The Morgan fingerprint density at radius 3 is 2.81 bits per heavy atom. The zero-order chi connectivity index (χ0) is 14.1. The van der Waals surface area contributed by atoms with Crippen molar-refractivity contribution in [2.75, 3.05) is 6.54 Å². The Morgan fingerprint density at radius 1 is 1.00 bits per heavy atom. The molecule has 2 heteroatoms. The van der Waals surface area contributed by atoms with Crippen LogP contribution in [0.25, 0.3) is 10.1 Å². The topological polar surface area (TPSA) is 12.0 Å².